The lowest BCUT2D eigenvalue weighted by atomic mass is 10.2. The molecule has 0 aliphatic heterocycles. The Labute approximate surface area is 155 Å². The highest BCUT2D eigenvalue weighted by Gasteiger charge is 2.18. The summed E-state index contributed by atoms with van der Waals surface area (Å²) in [5.74, 6) is 0.842. The summed E-state index contributed by atoms with van der Waals surface area (Å²) in [4.78, 5) is 13.3. The fourth-order valence-corrected chi connectivity index (χ4v) is 3.96. The van der Waals surface area contributed by atoms with Gasteiger partial charge < -0.3 is 4.90 Å². The Morgan fingerprint density at radius 2 is 1.64 bits per heavy atom. The number of hydrogen-bond acceptors (Lipinski definition) is 4. The average Bonchev–Trinajstić information content (AvgIpc) is 3.01. The van der Waals surface area contributed by atoms with E-state index in [4.69, 9.17) is 11.6 Å². The van der Waals surface area contributed by atoms with E-state index in [1.165, 1.54) is 10.4 Å². The molecule has 124 valence electrons. The number of para-hydroxylation sites is 1. The third-order valence-electron chi connectivity index (χ3n) is 3.98. The number of nitrogens with zero attached hydrogens (tertiary/aromatic N) is 3. The minimum absolute atomic E-state index is 0.276. The molecule has 0 aliphatic carbocycles. The zero-order chi connectivity index (χ0) is 17.2. The van der Waals surface area contributed by atoms with Gasteiger partial charge in [-0.1, -0.05) is 48.5 Å². The van der Waals surface area contributed by atoms with Crippen LogP contribution in [0.2, 0.25) is 5.28 Å². The van der Waals surface area contributed by atoms with E-state index in [-0.39, 0.29) is 5.28 Å². The normalized spacial score (nSPS) is 11.0. The number of fused-ring (bicyclic) bond motifs is 1. The number of aryl methyl sites for hydroxylation is 1. The van der Waals surface area contributed by atoms with Crippen molar-refractivity contribution in [2.45, 2.75) is 13.5 Å². The summed E-state index contributed by atoms with van der Waals surface area (Å²) >= 11 is 7.86. The van der Waals surface area contributed by atoms with Crippen molar-refractivity contribution in [1.82, 2.24) is 9.97 Å². The first-order valence-electron chi connectivity index (χ1n) is 8.01. The molecular formula is C20H16ClN3S. The average molecular weight is 366 g/mol. The van der Waals surface area contributed by atoms with E-state index >= 15 is 0 Å². The van der Waals surface area contributed by atoms with Crippen LogP contribution >= 0.6 is 22.9 Å². The van der Waals surface area contributed by atoms with Crippen LogP contribution in [-0.4, -0.2) is 9.97 Å². The van der Waals surface area contributed by atoms with Gasteiger partial charge in [0.2, 0.25) is 5.28 Å². The van der Waals surface area contributed by atoms with Gasteiger partial charge in [-0.3, -0.25) is 0 Å². The lowest BCUT2D eigenvalue weighted by molar-refractivity contribution is 0.950. The Kier molecular flexibility index (Phi) is 4.38. The molecule has 0 radical (unpaired) electrons. The summed E-state index contributed by atoms with van der Waals surface area (Å²) in [6, 6.07) is 22.8. The van der Waals surface area contributed by atoms with E-state index < -0.39 is 0 Å². The lowest BCUT2D eigenvalue weighted by Crippen LogP contribution is -2.18. The molecular weight excluding hydrogens is 350 g/mol. The van der Waals surface area contributed by atoms with Crippen LogP contribution < -0.4 is 4.90 Å². The second-order valence-corrected chi connectivity index (χ2v) is 7.37. The largest absolute Gasteiger partial charge is 0.321 e. The van der Waals surface area contributed by atoms with Crippen LogP contribution in [0.15, 0.2) is 66.7 Å². The third kappa shape index (κ3) is 3.36. The smallest absolute Gasteiger partial charge is 0.225 e. The van der Waals surface area contributed by atoms with Gasteiger partial charge in [0, 0.05) is 17.1 Å². The van der Waals surface area contributed by atoms with Gasteiger partial charge in [0.15, 0.2) is 0 Å². The number of rotatable bonds is 4. The number of thiophene rings is 1. The first-order valence-corrected chi connectivity index (χ1v) is 9.20. The van der Waals surface area contributed by atoms with Crippen LogP contribution in [-0.2, 0) is 6.54 Å². The summed E-state index contributed by atoms with van der Waals surface area (Å²) in [6.07, 6.45) is 0. The Morgan fingerprint density at radius 1 is 0.960 bits per heavy atom. The number of aromatic nitrogens is 2. The summed E-state index contributed by atoms with van der Waals surface area (Å²) in [7, 11) is 0. The van der Waals surface area contributed by atoms with Gasteiger partial charge in [0.1, 0.15) is 10.6 Å². The second kappa shape index (κ2) is 6.82. The van der Waals surface area contributed by atoms with E-state index in [1.54, 1.807) is 11.3 Å². The predicted molar refractivity (Wildman–Crippen MR) is 106 cm³/mol. The maximum atomic E-state index is 6.23. The van der Waals surface area contributed by atoms with Gasteiger partial charge in [0.05, 0.1) is 5.39 Å². The van der Waals surface area contributed by atoms with E-state index in [9.17, 15) is 0 Å². The molecule has 0 atom stereocenters. The molecule has 4 aromatic rings. The monoisotopic (exact) mass is 365 g/mol. The minimum atomic E-state index is 0.276. The standard InChI is InChI=1S/C20H16ClN3S/c1-14-12-17-18(22-20(21)23-19(17)25-14)24(16-10-6-3-7-11-16)13-15-8-4-2-5-9-15/h2-12H,13H2,1H3. The van der Waals surface area contributed by atoms with Crippen LogP contribution in [0.1, 0.15) is 10.4 Å². The summed E-state index contributed by atoms with van der Waals surface area (Å²) < 4.78 is 0. The van der Waals surface area contributed by atoms with Crippen LogP contribution in [0.3, 0.4) is 0 Å². The molecule has 5 heteroatoms. The number of hydrogen-bond donors (Lipinski definition) is 0. The summed E-state index contributed by atoms with van der Waals surface area (Å²) in [5.41, 5.74) is 2.28. The highest BCUT2D eigenvalue weighted by Crippen LogP contribution is 2.36. The van der Waals surface area contributed by atoms with Gasteiger partial charge >= 0.3 is 0 Å². The Bertz CT molecular complexity index is 1000. The molecule has 0 fully saturated rings. The molecule has 0 unspecified atom stereocenters. The quantitative estimate of drug-likeness (QED) is 0.416. The Balaban J connectivity index is 1.89. The van der Waals surface area contributed by atoms with Gasteiger partial charge in [-0.2, -0.15) is 4.98 Å². The van der Waals surface area contributed by atoms with Crippen molar-refractivity contribution >= 4 is 44.7 Å². The molecule has 0 amide bonds. The molecule has 2 aromatic heterocycles. The van der Waals surface area contributed by atoms with Gasteiger partial charge in [0.25, 0.3) is 0 Å². The maximum Gasteiger partial charge on any atom is 0.225 e. The van der Waals surface area contributed by atoms with Crippen LogP contribution in [0.5, 0.6) is 0 Å². The second-order valence-electron chi connectivity index (χ2n) is 5.80. The van der Waals surface area contributed by atoms with Crippen molar-refractivity contribution in [3.8, 4) is 0 Å². The van der Waals surface area contributed by atoms with E-state index in [0.717, 1.165) is 21.7 Å². The summed E-state index contributed by atoms with van der Waals surface area (Å²) in [5, 5.41) is 1.31. The molecule has 0 N–H and O–H groups in total. The number of anilines is 2. The Hall–Kier alpha value is -2.43. The Morgan fingerprint density at radius 3 is 2.36 bits per heavy atom. The molecule has 3 nitrogen and oxygen atoms in total. The molecule has 25 heavy (non-hydrogen) atoms. The van der Waals surface area contributed by atoms with Crippen LogP contribution in [0.4, 0.5) is 11.5 Å². The SMILES string of the molecule is Cc1cc2c(N(Cc3ccccc3)c3ccccc3)nc(Cl)nc2s1. The van der Waals surface area contributed by atoms with Crippen molar-refractivity contribution in [3.05, 3.63) is 82.5 Å². The predicted octanol–water partition coefficient (Wildman–Crippen LogP) is 5.99. The van der Waals surface area contributed by atoms with Crippen LogP contribution in [0.25, 0.3) is 10.2 Å². The summed E-state index contributed by atoms with van der Waals surface area (Å²) in [6.45, 7) is 2.79. The van der Waals surface area contributed by atoms with Crippen molar-refractivity contribution in [3.63, 3.8) is 0 Å². The maximum absolute atomic E-state index is 6.23. The van der Waals surface area contributed by atoms with E-state index in [1.807, 2.05) is 24.3 Å². The molecule has 0 saturated heterocycles. The van der Waals surface area contributed by atoms with Gasteiger partial charge in [-0.05, 0) is 42.3 Å². The number of halogens is 1. The first kappa shape index (κ1) is 16.1. The molecule has 0 aliphatic rings. The molecule has 2 heterocycles. The molecule has 0 spiro atoms. The van der Waals surface area contributed by atoms with Gasteiger partial charge in [-0.25, -0.2) is 4.98 Å². The van der Waals surface area contributed by atoms with Crippen molar-refractivity contribution in [2.24, 2.45) is 0 Å². The van der Waals surface area contributed by atoms with Crippen molar-refractivity contribution in [2.75, 3.05) is 4.90 Å². The topological polar surface area (TPSA) is 29.0 Å². The minimum Gasteiger partial charge on any atom is -0.321 e. The molecule has 0 bridgehead atoms. The zero-order valence-corrected chi connectivity index (χ0v) is 15.3. The van der Waals surface area contributed by atoms with Crippen molar-refractivity contribution < 1.29 is 0 Å². The number of benzene rings is 2. The van der Waals surface area contributed by atoms with Crippen LogP contribution in [0, 0.1) is 6.92 Å². The fraction of sp³-hybridized carbons (Fsp3) is 0.100. The zero-order valence-electron chi connectivity index (χ0n) is 13.7. The highest BCUT2D eigenvalue weighted by atomic mass is 35.5. The first-order chi connectivity index (χ1) is 12.2. The lowest BCUT2D eigenvalue weighted by Gasteiger charge is -2.24. The van der Waals surface area contributed by atoms with Crippen molar-refractivity contribution in [1.29, 1.82) is 0 Å². The van der Waals surface area contributed by atoms with E-state index in [0.29, 0.717) is 6.54 Å². The molecule has 4 rings (SSSR count). The molecule has 0 saturated carbocycles. The highest BCUT2D eigenvalue weighted by molar-refractivity contribution is 7.18. The van der Waals surface area contributed by atoms with E-state index in [2.05, 4.69) is 64.3 Å². The third-order valence-corrected chi connectivity index (χ3v) is 5.09. The molecule has 2 aromatic carbocycles. The van der Waals surface area contributed by atoms with Gasteiger partial charge in [-0.15, -0.1) is 11.3 Å². The fourth-order valence-electron chi connectivity index (χ4n) is 2.87.